The standard InChI is InChI=1S/C14H20F3N3O/c1-18-13(19-8-9-21-3)20(2)10-11-4-6-12(7-5-11)14(15,16)17/h4-7H,8-10H2,1-3H3,(H,18,19). The maximum atomic E-state index is 12.5. The van der Waals surface area contributed by atoms with Crippen molar-refractivity contribution in [2.24, 2.45) is 4.99 Å². The van der Waals surface area contributed by atoms with Gasteiger partial charge in [-0.25, -0.2) is 0 Å². The highest BCUT2D eigenvalue weighted by atomic mass is 19.4. The summed E-state index contributed by atoms with van der Waals surface area (Å²) in [6, 6.07) is 5.12. The molecular weight excluding hydrogens is 283 g/mol. The van der Waals surface area contributed by atoms with Gasteiger partial charge >= 0.3 is 6.18 Å². The second kappa shape index (κ2) is 7.87. The molecule has 4 nitrogen and oxygen atoms in total. The molecule has 0 spiro atoms. The van der Waals surface area contributed by atoms with Crippen LogP contribution >= 0.6 is 0 Å². The zero-order valence-electron chi connectivity index (χ0n) is 12.4. The first-order valence-corrected chi connectivity index (χ1v) is 6.45. The lowest BCUT2D eigenvalue weighted by Gasteiger charge is -2.22. The van der Waals surface area contributed by atoms with Crippen LogP contribution in [-0.4, -0.2) is 45.2 Å². The van der Waals surface area contributed by atoms with Crippen molar-refractivity contribution >= 4 is 5.96 Å². The Balaban J connectivity index is 2.63. The Morgan fingerprint density at radius 1 is 1.29 bits per heavy atom. The Bertz CT molecular complexity index is 458. The molecule has 1 rings (SSSR count). The van der Waals surface area contributed by atoms with Gasteiger partial charge in [0.1, 0.15) is 0 Å². The average Bonchev–Trinajstić information content (AvgIpc) is 2.43. The molecule has 1 aromatic carbocycles. The Labute approximate surface area is 122 Å². The average molecular weight is 303 g/mol. The van der Waals surface area contributed by atoms with Crippen LogP contribution in [0, 0.1) is 0 Å². The quantitative estimate of drug-likeness (QED) is 0.515. The molecule has 0 radical (unpaired) electrons. The topological polar surface area (TPSA) is 36.9 Å². The second-order valence-corrected chi connectivity index (χ2v) is 4.52. The van der Waals surface area contributed by atoms with Crippen molar-refractivity contribution in [3.63, 3.8) is 0 Å². The lowest BCUT2D eigenvalue weighted by Crippen LogP contribution is -2.39. The van der Waals surface area contributed by atoms with E-state index in [9.17, 15) is 13.2 Å². The SMILES string of the molecule is CN=C(NCCOC)N(C)Cc1ccc(C(F)(F)F)cc1. The first-order valence-electron chi connectivity index (χ1n) is 6.45. The van der Waals surface area contributed by atoms with Gasteiger partial charge in [-0.2, -0.15) is 13.2 Å². The molecule has 0 heterocycles. The molecule has 0 atom stereocenters. The van der Waals surface area contributed by atoms with Gasteiger partial charge in [0.2, 0.25) is 0 Å². The van der Waals surface area contributed by atoms with Gasteiger partial charge in [0.15, 0.2) is 5.96 Å². The van der Waals surface area contributed by atoms with Gasteiger partial charge in [-0.3, -0.25) is 4.99 Å². The van der Waals surface area contributed by atoms with Gasteiger partial charge in [0, 0.05) is 34.3 Å². The lowest BCUT2D eigenvalue weighted by atomic mass is 10.1. The Hall–Kier alpha value is -1.76. The van der Waals surface area contributed by atoms with Crippen molar-refractivity contribution < 1.29 is 17.9 Å². The number of nitrogens with one attached hydrogen (secondary N) is 1. The van der Waals surface area contributed by atoms with Crippen molar-refractivity contribution in [3.8, 4) is 0 Å². The first-order chi connectivity index (χ1) is 9.88. The van der Waals surface area contributed by atoms with E-state index < -0.39 is 11.7 Å². The molecule has 0 fully saturated rings. The van der Waals surface area contributed by atoms with E-state index in [-0.39, 0.29) is 0 Å². The number of nitrogens with zero attached hydrogens (tertiary/aromatic N) is 2. The maximum absolute atomic E-state index is 12.5. The van der Waals surface area contributed by atoms with E-state index >= 15 is 0 Å². The van der Waals surface area contributed by atoms with E-state index in [0.29, 0.717) is 25.7 Å². The highest BCUT2D eigenvalue weighted by Gasteiger charge is 2.29. The normalized spacial score (nSPS) is 12.4. The summed E-state index contributed by atoms with van der Waals surface area (Å²) in [6.45, 7) is 1.62. The molecule has 1 N–H and O–H groups in total. The smallest absolute Gasteiger partial charge is 0.383 e. The van der Waals surface area contributed by atoms with Crippen LogP contribution in [0.2, 0.25) is 0 Å². The predicted octanol–water partition coefficient (Wildman–Crippen LogP) is 2.36. The van der Waals surface area contributed by atoms with Crippen molar-refractivity contribution in [3.05, 3.63) is 35.4 Å². The van der Waals surface area contributed by atoms with Crippen LogP contribution < -0.4 is 5.32 Å². The van der Waals surface area contributed by atoms with Crippen LogP contribution in [0.15, 0.2) is 29.3 Å². The van der Waals surface area contributed by atoms with E-state index in [1.54, 1.807) is 14.2 Å². The largest absolute Gasteiger partial charge is 0.416 e. The fraction of sp³-hybridized carbons (Fsp3) is 0.500. The molecule has 0 aliphatic heterocycles. The van der Waals surface area contributed by atoms with Crippen LogP contribution in [0.25, 0.3) is 0 Å². The van der Waals surface area contributed by atoms with Crippen LogP contribution in [0.1, 0.15) is 11.1 Å². The van der Waals surface area contributed by atoms with E-state index in [1.807, 2.05) is 11.9 Å². The number of alkyl halides is 3. The van der Waals surface area contributed by atoms with Crippen molar-refractivity contribution in [1.29, 1.82) is 0 Å². The summed E-state index contributed by atoms with van der Waals surface area (Å²) in [6.07, 6.45) is -4.30. The summed E-state index contributed by atoms with van der Waals surface area (Å²) < 4.78 is 42.4. The summed E-state index contributed by atoms with van der Waals surface area (Å²) in [5.41, 5.74) is 0.136. The molecule has 118 valence electrons. The van der Waals surface area contributed by atoms with Crippen molar-refractivity contribution in [1.82, 2.24) is 10.2 Å². The Morgan fingerprint density at radius 2 is 1.90 bits per heavy atom. The number of methoxy groups -OCH3 is 1. The third kappa shape index (κ3) is 5.63. The molecule has 0 bridgehead atoms. The van der Waals surface area contributed by atoms with E-state index in [4.69, 9.17) is 4.74 Å². The lowest BCUT2D eigenvalue weighted by molar-refractivity contribution is -0.137. The predicted molar refractivity (Wildman–Crippen MR) is 76.1 cm³/mol. The van der Waals surface area contributed by atoms with Crippen LogP contribution in [0.4, 0.5) is 13.2 Å². The van der Waals surface area contributed by atoms with Gasteiger partial charge in [0.05, 0.1) is 12.2 Å². The van der Waals surface area contributed by atoms with E-state index in [2.05, 4.69) is 10.3 Å². The second-order valence-electron chi connectivity index (χ2n) is 4.52. The Kier molecular flexibility index (Phi) is 6.48. The Morgan fingerprint density at radius 3 is 2.38 bits per heavy atom. The molecule has 0 aromatic heterocycles. The minimum atomic E-state index is -4.30. The minimum Gasteiger partial charge on any atom is -0.383 e. The molecule has 0 saturated heterocycles. The zero-order valence-corrected chi connectivity index (χ0v) is 12.4. The van der Waals surface area contributed by atoms with Gasteiger partial charge in [-0.1, -0.05) is 12.1 Å². The highest BCUT2D eigenvalue weighted by molar-refractivity contribution is 5.79. The number of benzene rings is 1. The molecule has 0 aliphatic rings. The number of hydrogen-bond donors (Lipinski definition) is 1. The summed E-state index contributed by atoms with van der Waals surface area (Å²) in [4.78, 5) is 5.94. The summed E-state index contributed by atoms with van der Waals surface area (Å²) in [7, 11) is 5.08. The number of aliphatic imine (C=N–C) groups is 1. The molecule has 7 heteroatoms. The zero-order chi connectivity index (χ0) is 15.9. The molecule has 0 amide bonds. The summed E-state index contributed by atoms with van der Waals surface area (Å²) in [5, 5.41) is 3.10. The fourth-order valence-corrected chi connectivity index (χ4v) is 1.80. The number of guanidine groups is 1. The number of halogens is 3. The maximum Gasteiger partial charge on any atom is 0.416 e. The van der Waals surface area contributed by atoms with Crippen LogP contribution in [-0.2, 0) is 17.5 Å². The van der Waals surface area contributed by atoms with Gasteiger partial charge < -0.3 is 15.0 Å². The molecule has 21 heavy (non-hydrogen) atoms. The van der Waals surface area contributed by atoms with Crippen LogP contribution in [0.3, 0.4) is 0 Å². The number of hydrogen-bond acceptors (Lipinski definition) is 2. The third-order valence-corrected chi connectivity index (χ3v) is 2.86. The third-order valence-electron chi connectivity index (χ3n) is 2.86. The number of ether oxygens (including phenoxy) is 1. The minimum absolute atomic E-state index is 0.463. The van der Waals surface area contributed by atoms with Crippen molar-refractivity contribution in [2.75, 3.05) is 34.4 Å². The molecule has 1 aromatic rings. The number of rotatable bonds is 5. The fourth-order valence-electron chi connectivity index (χ4n) is 1.80. The first kappa shape index (κ1) is 17.3. The molecular formula is C14H20F3N3O. The molecule has 0 saturated carbocycles. The van der Waals surface area contributed by atoms with Gasteiger partial charge in [-0.15, -0.1) is 0 Å². The van der Waals surface area contributed by atoms with Crippen LogP contribution in [0.5, 0.6) is 0 Å². The molecule has 0 aliphatic carbocycles. The van der Waals surface area contributed by atoms with E-state index in [1.165, 1.54) is 12.1 Å². The monoisotopic (exact) mass is 303 g/mol. The summed E-state index contributed by atoms with van der Waals surface area (Å²) >= 11 is 0. The van der Waals surface area contributed by atoms with Gasteiger partial charge in [0.25, 0.3) is 0 Å². The highest BCUT2D eigenvalue weighted by Crippen LogP contribution is 2.29. The summed E-state index contributed by atoms with van der Waals surface area (Å²) in [5.74, 6) is 0.659. The van der Waals surface area contributed by atoms with E-state index in [0.717, 1.165) is 17.7 Å². The van der Waals surface area contributed by atoms with Crippen molar-refractivity contribution in [2.45, 2.75) is 12.7 Å². The van der Waals surface area contributed by atoms with Gasteiger partial charge in [-0.05, 0) is 17.7 Å². The molecule has 0 unspecified atom stereocenters.